The van der Waals surface area contributed by atoms with Crippen molar-refractivity contribution in [3.05, 3.63) is 23.7 Å². The second-order valence-corrected chi connectivity index (χ2v) is 7.86. The van der Waals surface area contributed by atoms with Gasteiger partial charge in [-0.1, -0.05) is 35.5 Å². The molecule has 0 saturated carbocycles. The largest absolute Gasteiger partial charge is 0.427 e. The minimum atomic E-state index is -5.70. The first-order valence-electron chi connectivity index (χ1n) is 8.74. The lowest BCUT2D eigenvalue weighted by molar-refractivity contribution is -0.444. The lowest BCUT2D eigenvalue weighted by Gasteiger charge is -2.52. The van der Waals surface area contributed by atoms with Crippen LogP contribution in [0.2, 0.25) is 0 Å². The summed E-state index contributed by atoms with van der Waals surface area (Å²) < 4.78 is 95.4. The van der Waals surface area contributed by atoms with E-state index in [2.05, 4.69) is 29.1 Å². The predicted octanol–water partition coefficient (Wildman–Crippen LogP) is 7.05. The highest BCUT2D eigenvalue weighted by molar-refractivity contribution is 9.11. The van der Waals surface area contributed by atoms with E-state index < -0.39 is 48.9 Å². The van der Waals surface area contributed by atoms with Crippen molar-refractivity contribution in [3.63, 3.8) is 0 Å². The monoisotopic (exact) mass is 466 g/mol. The maximum atomic E-state index is 14.2. The highest BCUT2D eigenvalue weighted by atomic mass is 79.9. The van der Waals surface area contributed by atoms with E-state index in [-0.39, 0.29) is 19.4 Å². The van der Waals surface area contributed by atoms with E-state index in [0.717, 1.165) is 6.08 Å². The number of hydrogen-bond acceptors (Lipinski definition) is 2. The van der Waals surface area contributed by atoms with Gasteiger partial charge in [0.1, 0.15) is 0 Å². The molecule has 0 N–H and O–H groups in total. The summed E-state index contributed by atoms with van der Waals surface area (Å²) in [5.41, 5.74) is -6.68. The molecule has 0 bridgehead atoms. The van der Waals surface area contributed by atoms with Gasteiger partial charge in [-0.3, -0.25) is 0 Å². The molecular weight excluding hydrogens is 442 g/mol. The van der Waals surface area contributed by atoms with Crippen molar-refractivity contribution in [1.82, 2.24) is 0 Å². The minimum Gasteiger partial charge on any atom is -0.353 e. The lowest BCUT2D eigenvalue weighted by atomic mass is 9.63. The van der Waals surface area contributed by atoms with Crippen LogP contribution >= 0.6 is 15.9 Å². The van der Waals surface area contributed by atoms with Crippen LogP contribution in [0.25, 0.3) is 0 Å². The SMILES string of the molecule is C=CCC(CC)(CCC(=C)Br)C(OC1CCCCO1)(C(F)(F)F)C(F)(F)F. The van der Waals surface area contributed by atoms with Crippen molar-refractivity contribution in [2.75, 3.05) is 6.61 Å². The summed E-state index contributed by atoms with van der Waals surface area (Å²) in [5.74, 6) is 0. The molecule has 0 spiro atoms. The topological polar surface area (TPSA) is 18.5 Å². The van der Waals surface area contributed by atoms with Crippen LogP contribution in [-0.2, 0) is 9.47 Å². The van der Waals surface area contributed by atoms with Gasteiger partial charge in [-0.2, -0.15) is 26.3 Å². The van der Waals surface area contributed by atoms with Gasteiger partial charge in [-0.25, -0.2) is 0 Å². The number of ether oxygens (including phenoxy) is 2. The normalized spacial score (nSPS) is 21.6. The zero-order valence-corrected chi connectivity index (χ0v) is 16.8. The van der Waals surface area contributed by atoms with Crippen molar-refractivity contribution < 1.29 is 35.8 Å². The summed E-state index contributed by atoms with van der Waals surface area (Å²) in [5, 5.41) is 0. The number of hydrogen-bond donors (Lipinski definition) is 0. The summed E-state index contributed by atoms with van der Waals surface area (Å²) >= 11 is 3.03. The van der Waals surface area contributed by atoms with Crippen LogP contribution in [0, 0.1) is 5.41 Å². The predicted molar refractivity (Wildman–Crippen MR) is 94.4 cm³/mol. The molecule has 0 aromatic heterocycles. The zero-order chi connectivity index (χ0) is 20.9. The molecule has 2 atom stereocenters. The van der Waals surface area contributed by atoms with Crippen LogP contribution in [0.15, 0.2) is 23.7 Å². The number of allylic oxidation sites excluding steroid dienone is 2. The molecule has 0 radical (unpaired) electrons. The molecular formula is C18H25BrF6O2. The van der Waals surface area contributed by atoms with Crippen LogP contribution in [0.3, 0.4) is 0 Å². The minimum absolute atomic E-state index is 0.0209. The summed E-state index contributed by atoms with van der Waals surface area (Å²) in [6, 6.07) is 0. The Bertz CT molecular complexity index is 497. The third-order valence-electron chi connectivity index (χ3n) is 5.08. The smallest absolute Gasteiger partial charge is 0.353 e. The van der Waals surface area contributed by atoms with Crippen LogP contribution in [0.4, 0.5) is 26.3 Å². The van der Waals surface area contributed by atoms with Crippen molar-refractivity contribution in [3.8, 4) is 0 Å². The summed E-state index contributed by atoms with van der Waals surface area (Å²) in [7, 11) is 0. The van der Waals surface area contributed by atoms with E-state index in [1.807, 2.05) is 0 Å². The van der Waals surface area contributed by atoms with Gasteiger partial charge in [0.25, 0.3) is 5.60 Å². The van der Waals surface area contributed by atoms with Crippen molar-refractivity contribution in [1.29, 1.82) is 0 Å². The second-order valence-electron chi connectivity index (χ2n) is 6.73. The molecule has 2 nitrogen and oxygen atoms in total. The Kier molecular flexibility index (Phi) is 8.44. The van der Waals surface area contributed by atoms with Gasteiger partial charge in [0, 0.05) is 12.0 Å². The van der Waals surface area contributed by atoms with E-state index in [9.17, 15) is 26.3 Å². The second kappa shape index (κ2) is 9.31. The Balaban J connectivity index is 3.61. The third-order valence-corrected chi connectivity index (χ3v) is 5.47. The van der Waals surface area contributed by atoms with Gasteiger partial charge in [0.15, 0.2) is 6.29 Å². The first-order valence-corrected chi connectivity index (χ1v) is 9.53. The molecule has 1 rings (SSSR count). The molecule has 0 aliphatic carbocycles. The van der Waals surface area contributed by atoms with Crippen molar-refractivity contribution >= 4 is 15.9 Å². The molecule has 1 fully saturated rings. The van der Waals surface area contributed by atoms with Gasteiger partial charge >= 0.3 is 12.4 Å². The van der Waals surface area contributed by atoms with E-state index in [1.165, 1.54) is 6.92 Å². The van der Waals surface area contributed by atoms with E-state index in [4.69, 9.17) is 9.47 Å². The number of rotatable bonds is 9. The van der Waals surface area contributed by atoms with Gasteiger partial charge in [0.05, 0.1) is 0 Å². The van der Waals surface area contributed by atoms with E-state index in [0.29, 0.717) is 17.3 Å². The van der Waals surface area contributed by atoms with E-state index in [1.54, 1.807) is 0 Å². The first kappa shape index (κ1) is 24.5. The van der Waals surface area contributed by atoms with Gasteiger partial charge in [-0.15, -0.1) is 6.58 Å². The Morgan fingerprint density at radius 3 is 2.15 bits per heavy atom. The van der Waals surface area contributed by atoms with Gasteiger partial charge in [-0.05, 0) is 49.4 Å². The fourth-order valence-corrected chi connectivity index (χ4v) is 3.86. The zero-order valence-electron chi connectivity index (χ0n) is 15.2. The fourth-order valence-electron chi connectivity index (χ4n) is 3.67. The van der Waals surface area contributed by atoms with Crippen molar-refractivity contribution in [2.45, 2.75) is 76.1 Å². The van der Waals surface area contributed by atoms with Crippen molar-refractivity contribution in [2.24, 2.45) is 5.41 Å². The molecule has 1 aliphatic rings. The molecule has 9 heteroatoms. The van der Waals surface area contributed by atoms with Gasteiger partial charge in [0.2, 0.25) is 0 Å². The molecule has 158 valence electrons. The number of halogens is 7. The Morgan fingerprint density at radius 2 is 1.78 bits per heavy atom. The molecule has 0 aromatic carbocycles. The molecule has 2 unspecified atom stereocenters. The Hall–Kier alpha value is -0.540. The van der Waals surface area contributed by atoms with Crippen LogP contribution in [-0.4, -0.2) is 30.9 Å². The Labute approximate surface area is 164 Å². The maximum Gasteiger partial charge on any atom is 0.427 e. The number of alkyl halides is 6. The molecule has 1 aliphatic heterocycles. The first-order chi connectivity index (χ1) is 12.4. The quantitative estimate of drug-likeness (QED) is 0.267. The van der Waals surface area contributed by atoms with Crippen LogP contribution < -0.4 is 0 Å². The summed E-state index contributed by atoms with van der Waals surface area (Å²) in [6.45, 7) is 8.30. The molecule has 0 aromatic rings. The summed E-state index contributed by atoms with van der Waals surface area (Å²) in [6.07, 6.45) is -12.3. The standard InChI is InChI=1S/C18H25BrF6O2/c1-4-10-15(5-2,11-9-13(3)19)16(17(20,21)22,18(23,24)25)27-14-8-6-7-12-26-14/h4,14H,1,3,5-12H2,2H3. The molecule has 27 heavy (non-hydrogen) atoms. The lowest BCUT2D eigenvalue weighted by Crippen LogP contribution is -2.69. The van der Waals surface area contributed by atoms with E-state index >= 15 is 0 Å². The Morgan fingerprint density at radius 1 is 1.19 bits per heavy atom. The maximum absolute atomic E-state index is 14.2. The van der Waals surface area contributed by atoms with Crippen LogP contribution in [0.1, 0.15) is 51.9 Å². The van der Waals surface area contributed by atoms with Crippen LogP contribution in [0.5, 0.6) is 0 Å². The average Bonchev–Trinajstić information content (AvgIpc) is 2.55. The molecule has 0 amide bonds. The molecule has 1 heterocycles. The highest BCUT2D eigenvalue weighted by Crippen LogP contribution is 2.61. The third kappa shape index (κ3) is 5.09. The summed E-state index contributed by atoms with van der Waals surface area (Å²) in [4.78, 5) is 0. The average molecular weight is 467 g/mol. The highest BCUT2D eigenvalue weighted by Gasteiger charge is 2.80. The van der Waals surface area contributed by atoms with Gasteiger partial charge < -0.3 is 9.47 Å². The fraction of sp³-hybridized carbons (Fsp3) is 0.778. The molecule has 1 saturated heterocycles.